The summed E-state index contributed by atoms with van der Waals surface area (Å²) in [6.45, 7) is 2.83. The highest BCUT2D eigenvalue weighted by Crippen LogP contribution is 2.21. The first kappa shape index (κ1) is 20.8. The molecule has 7 heteroatoms. The van der Waals surface area contributed by atoms with Crippen molar-refractivity contribution >= 4 is 11.7 Å². The summed E-state index contributed by atoms with van der Waals surface area (Å²) in [5.41, 5.74) is 1.73. The third kappa shape index (κ3) is 4.72. The zero-order chi connectivity index (χ0) is 22.5. The molecule has 1 aliphatic rings. The van der Waals surface area contributed by atoms with Gasteiger partial charge in [0.2, 0.25) is 0 Å². The average molecular weight is 441 g/mol. The molecule has 33 heavy (non-hydrogen) atoms. The monoisotopic (exact) mass is 440 g/mol. The van der Waals surface area contributed by atoms with Crippen LogP contribution < -0.4 is 9.64 Å². The topological polar surface area (TPSA) is 71.7 Å². The smallest absolute Gasteiger partial charge is 0.290 e. The first-order valence-corrected chi connectivity index (χ1v) is 10.9. The van der Waals surface area contributed by atoms with E-state index >= 15 is 0 Å². The number of ether oxygens (including phenoxy) is 1. The van der Waals surface area contributed by atoms with E-state index in [2.05, 4.69) is 9.88 Å². The molecule has 0 saturated carbocycles. The first-order chi connectivity index (χ1) is 16.3. The number of furan rings is 1. The minimum absolute atomic E-state index is 0.112. The molecule has 166 valence electrons. The van der Waals surface area contributed by atoms with Crippen molar-refractivity contribution in [3.05, 3.63) is 96.6 Å². The van der Waals surface area contributed by atoms with Crippen molar-refractivity contribution in [3.8, 4) is 17.1 Å². The summed E-state index contributed by atoms with van der Waals surface area (Å²) in [7, 11) is 0. The van der Waals surface area contributed by atoms with Crippen molar-refractivity contribution in [1.29, 1.82) is 0 Å². The standard InChI is InChI=1S/C26H24N4O3/c31-26(24-21(12-18-32-24)19-33-22-9-5-2-6-10-22)30-16-14-29(15-17-30)23-11-13-27-25(28-23)20-7-3-1-4-8-20/h1-13,18H,14-17,19H2. The number of amides is 1. The van der Waals surface area contributed by atoms with E-state index in [-0.39, 0.29) is 12.5 Å². The van der Waals surface area contributed by atoms with Gasteiger partial charge in [0.15, 0.2) is 11.6 Å². The maximum Gasteiger partial charge on any atom is 0.290 e. The molecule has 2 aromatic carbocycles. The van der Waals surface area contributed by atoms with Gasteiger partial charge < -0.3 is 19.0 Å². The van der Waals surface area contributed by atoms with Gasteiger partial charge in [-0.1, -0.05) is 48.5 Å². The third-order valence-electron chi connectivity index (χ3n) is 5.64. The summed E-state index contributed by atoms with van der Waals surface area (Å²) in [4.78, 5) is 26.2. The minimum atomic E-state index is -0.112. The molecular formula is C26H24N4O3. The largest absolute Gasteiger partial charge is 0.489 e. The predicted molar refractivity (Wildman–Crippen MR) is 125 cm³/mol. The fourth-order valence-corrected chi connectivity index (χ4v) is 3.85. The number of rotatable bonds is 6. The van der Waals surface area contributed by atoms with Crippen LogP contribution in [0.3, 0.4) is 0 Å². The van der Waals surface area contributed by atoms with Gasteiger partial charge in [0, 0.05) is 43.5 Å². The Morgan fingerprint density at radius 2 is 1.64 bits per heavy atom. The number of benzene rings is 2. The molecule has 0 N–H and O–H groups in total. The number of carbonyl (C=O) groups excluding carboxylic acids is 1. The molecular weight excluding hydrogens is 416 g/mol. The van der Waals surface area contributed by atoms with E-state index in [0.29, 0.717) is 37.8 Å². The molecule has 1 saturated heterocycles. The molecule has 0 spiro atoms. The van der Waals surface area contributed by atoms with Gasteiger partial charge in [0.25, 0.3) is 5.91 Å². The molecule has 5 rings (SSSR count). The van der Waals surface area contributed by atoms with Crippen molar-refractivity contribution in [2.45, 2.75) is 6.61 Å². The Morgan fingerprint density at radius 1 is 0.909 bits per heavy atom. The van der Waals surface area contributed by atoms with Crippen LogP contribution in [-0.4, -0.2) is 47.0 Å². The zero-order valence-corrected chi connectivity index (χ0v) is 18.1. The number of anilines is 1. The van der Waals surface area contributed by atoms with Gasteiger partial charge >= 0.3 is 0 Å². The van der Waals surface area contributed by atoms with E-state index in [1.165, 1.54) is 0 Å². The van der Waals surface area contributed by atoms with E-state index in [1.807, 2.05) is 71.6 Å². The first-order valence-electron chi connectivity index (χ1n) is 10.9. The summed E-state index contributed by atoms with van der Waals surface area (Å²) < 4.78 is 11.3. The molecule has 0 unspecified atom stereocenters. The van der Waals surface area contributed by atoms with E-state index in [1.54, 1.807) is 18.5 Å². The number of hydrogen-bond acceptors (Lipinski definition) is 6. The lowest BCUT2D eigenvalue weighted by atomic mass is 10.2. The van der Waals surface area contributed by atoms with Crippen molar-refractivity contribution in [2.75, 3.05) is 31.1 Å². The maximum absolute atomic E-state index is 13.1. The molecule has 0 radical (unpaired) electrons. The van der Waals surface area contributed by atoms with Crippen LogP contribution in [0.4, 0.5) is 5.82 Å². The highest BCUT2D eigenvalue weighted by Gasteiger charge is 2.27. The number of para-hydroxylation sites is 1. The minimum Gasteiger partial charge on any atom is -0.489 e. The Kier molecular flexibility index (Phi) is 6.01. The highest BCUT2D eigenvalue weighted by molar-refractivity contribution is 5.93. The highest BCUT2D eigenvalue weighted by atomic mass is 16.5. The lowest BCUT2D eigenvalue weighted by Crippen LogP contribution is -2.49. The number of nitrogens with zero attached hydrogens (tertiary/aromatic N) is 4. The average Bonchev–Trinajstić information content (AvgIpc) is 3.37. The van der Waals surface area contributed by atoms with E-state index in [9.17, 15) is 4.79 Å². The van der Waals surface area contributed by atoms with Crippen molar-refractivity contribution in [1.82, 2.24) is 14.9 Å². The Labute approximate surface area is 192 Å². The molecule has 0 atom stereocenters. The molecule has 0 aliphatic carbocycles. The number of carbonyl (C=O) groups is 1. The Balaban J connectivity index is 1.22. The molecule has 7 nitrogen and oxygen atoms in total. The maximum atomic E-state index is 13.1. The number of piperazine rings is 1. The second kappa shape index (κ2) is 9.56. The molecule has 4 aromatic rings. The fraction of sp³-hybridized carbons (Fsp3) is 0.192. The fourth-order valence-electron chi connectivity index (χ4n) is 3.85. The van der Waals surface area contributed by atoms with Crippen LogP contribution in [0.25, 0.3) is 11.4 Å². The van der Waals surface area contributed by atoms with Crippen LogP contribution in [-0.2, 0) is 6.61 Å². The van der Waals surface area contributed by atoms with E-state index < -0.39 is 0 Å². The van der Waals surface area contributed by atoms with Gasteiger partial charge in [-0.05, 0) is 24.3 Å². The summed E-state index contributed by atoms with van der Waals surface area (Å²) >= 11 is 0. The van der Waals surface area contributed by atoms with E-state index in [4.69, 9.17) is 14.1 Å². The normalized spacial score (nSPS) is 13.7. The second-order valence-corrected chi connectivity index (χ2v) is 7.76. The van der Waals surface area contributed by atoms with Gasteiger partial charge in [0.05, 0.1) is 6.26 Å². The van der Waals surface area contributed by atoms with Crippen LogP contribution in [0.1, 0.15) is 16.1 Å². The molecule has 0 bridgehead atoms. The van der Waals surface area contributed by atoms with E-state index in [0.717, 1.165) is 22.7 Å². The zero-order valence-electron chi connectivity index (χ0n) is 18.1. The Hall–Kier alpha value is -4.13. The number of aromatic nitrogens is 2. The Bertz CT molecular complexity index is 1200. The van der Waals surface area contributed by atoms with Gasteiger partial charge in [-0.2, -0.15) is 0 Å². The van der Waals surface area contributed by atoms with Crippen LogP contribution in [0.2, 0.25) is 0 Å². The second-order valence-electron chi connectivity index (χ2n) is 7.76. The van der Waals surface area contributed by atoms with Gasteiger partial charge in [-0.15, -0.1) is 0 Å². The van der Waals surface area contributed by atoms with Gasteiger partial charge in [0.1, 0.15) is 18.2 Å². The summed E-state index contributed by atoms with van der Waals surface area (Å²) in [6.07, 6.45) is 3.32. The van der Waals surface area contributed by atoms with Crippen molar-refractivity contribution in [2.24, 2.45) is 0 Å². The lowest BCUT2D eigenvalue weighted by Gasteiger charge is -2.35. The summed E-state index contributed by atoms with van der Waals surface area (Å²) in [6, 6.07) is 23.2. The lowest BCUT2D eigenvalue weighted by molar-refractivity contribution is 0.0710. The molecule has 1 aliphatic heterocycles. The Morgan fingerprint density at radius 3 is 2.39 bits per heavy atom. The third-order valence-corrected chi connectivity index (χ3v) is 5.64. The van der Waals surface area contributed by atoms with Crippen molar-refractivity contribution < 1.29 is 13.9 Å². The quantitative estimate of drug-likeness (QED) is 0.446. The predicted octanol–water partition coefficient (Wildman–Crippen LogP) is 4.28. The van der Waals surface area contributed by atoms with Crippen molar-refractivity contribution in [3.63, 3.8) is 0 Å². The van der Waals surface area contributed by atoms with Crippen LogP contribution in [0.5, 0.6) is 5.75 Å². The summed E-state index contributed by atoms with van der Waals surface area (Å²) in [5.74, 6) is 2.55. The molecule has 1 fully saturated rings. The van der Waals surface area contributed by atoms with Gasteiger partial charge in [-0.25, -0.2) is 9.97 Å². The molecule has 3 heterocycles. The van der Waals surface area contributed by atoms with Gasteiger partial charge in [-0.3, -0.25) is 4.79 Å². The van der Waals surface area contributed by atoms with Crippen LogP contribution >= 0.6 is 0 Å². The molecule has 1 amide bonds. The van der Waals surface area contributed by atoms with Crippen LogP contribution in [0, 0.1) is 0 Å². The molecule has 2 aromatic heterocycles. The number of hydrogen-bond donors (Lipinski definition) is 0. The summed E-state index contributed by atoms with van der Waals surface area (Å²) in [5, 5.41) is 0. The van der Waals surface area contributed by atoms with Crippen LogP contribution in [0.15, 0.2) is 89.7 Å². The SMILES string of the molecule is O=C(c1occc1COc1ccccc1)N1CCN(c2ccnc(-c3ccccc3)n2)CC1.